The van der Waals surface area contributed by atoms with Crippen LogP contribution in [-0.4, -0.2) is 69.5 Å². The summed E-state index contributed by atoms with van der Waals surface area (Å²) in [6.45, 7) is 5.13. The number of hydrogen-bond acceptors (Lipinski definition) is 6. The zero-order valence-corrected chi connectivity index (χ0v) is 15.4. The maximum atomic E-state index is 12.2. The molecule has 144 valence electrons. The van der Waals surface area contributed by atoms with Crippen LogP contribution in [0.4, 0.5) is 0 Å². The number of carbonyl (C=O) groups is 1. The van der Waals surface area contributed by atoms with Crippen LogP contribution in [0.1, 0.15) is 33.1 Å². The fourth-order valence-corrected chi connectivity index (χ4v) is 3.84. The van der Waals surface area contributed by atoms with Crippen LogP contribution in [0, 0.1) is 5.92 Å². The minimum atomic E-state index is -0.720. The Hall–Kier alpha value is -1.70. The van der Waals surface area contributed by atoms with Gasteiger partial charge in [-0.05, 0) is 25.0 Å². The molecule has 0 aromatic carbocycles. The normalized spacial score (nSPS) is 30.5. The molecule has 0 spiro atoms. The number of amides is 1. The third kappa shape index (κ3) is 4.34. The van der Waals surface area contributed by atoms with Gasteiger partial charge < -0.3 is 20.3 Å². The lowest BCUT2D eigenvalue weighted by Crippen LogP contribution is -2.56. The fraction of sp³-hybridized carbons (Fsp3) is 0.684. The summed E-state index contributed by atoms with van der Waals surface area (Å²) in [7, 11) is 0. The summed E-state index contributed by atoms with van der Waals surface area (Å²) < 4.78 is 5.96. The van der Waals surface area contributed by atoms with E-state index in [0.29, 0.717) is 38.1 Å². The highest BCUT2D eigenvalue weighted by Crippen LogP contribution is 2.31. The predicted octanol–water partition coefficient (Wildman–Crippen LogP) is 0.560. The third-order valence-corrected chi connectivity index (χ3v) is 5.32. The van der Waals surface area contributed by atoms with Crippen molar-refractivity contribution in [2.45, 2.75) is 63.5 Å². The number of hydrogen-bond donors (Lipinski definition) is 3. The minimum Gasteiger partial charge on any atom is -0.486 e. The van der Waals surface area contributed by atoms with Crippen molar-refractivity contribution in [2.24, 2.45) is 5.92 Å². The molecule has 4 atom stereocenters. The highest BCUT2D eigenvalue weighted by molar-refractivity contribution is 5.78. The maximum absolute atomic E-state index is 12.2. The molecule has 2 aliphatic rings. The third-order valence-electron chi connectivity index (χ3n) is 5.32. The van der Waals surface area contributed by atoms with Crippen LogP contribution >= 0.6 is 0 Å². The van der Waals surface area contributed by atoms with E-state index in [0.717, 1.165) is 0 Å². The van der Waals surface area contributed by atoms with Crippen molar-refractivity contribution in [1.29, 1.82) is 0 Å². The Bertz CT molecular complexity index is 590. The number of aliphatic hydroxyl groups is 2. The van der Waals surface area contributed by atoms with Gasteiger partial charge in [0.05, 0.1) is 24.4 Å². The molecule has 7 nitrogen and oxygen atoms in total. The van der Waals surface area contributed by atoms with E-state index in [1.54, 1.807) is 18.5 Å². The lowest BCUT2D eigenvalue weighted by molar-refractivity contribution is -0.125. The van der Waals surface area contributed by atoms with Crippen LogP contribution in [0.3, 0.4) is 0 Å². The minimum absolute atomic E-state index is 0.0220. The van der Waals surface area contributed by atoms with Gasteiger partial charge in [0.1, 0.15) is 18.0 Å². The number of ether oxygens (including phenoxy) is 1. The van der Waals surface area contributed by atoms with Crippen LogP contribution in [0.15, 0.2) is 24.5 Å². The highest BCUT2D eigenvalue weighted by Gasteiger charge is 2.48. The van der Waals surface area contributed by atoms with Crippen molar-refractivity contribution in [3.63, 3.8) is 0 Å². The van der Waals surface area contributed by atoms with E-state index in [9.17, 15) is 15.0 Å². The predicted molar refractivity (Wildman–Crippen MR) is 96.6 cm³/mol. The summed E-state index contributed by atoms with van der Waals surface area (Å²) in [5, 5.41) is 23.8. The molecule has 1 aromatic heterocycles. The molecule has 7 heteroatoms. The molecule has 0 radical (unpaired) electrons. The second kappa shape index (κ2) is 8.33. The summed E-state index contributed by atoms with van der Waals surface area (Å²) in [5.41, 5.74) is 0. The zero-order chi connectivity index (χ0) is 18.7. The monoisotopic (exact) mass is 363 g/mol. The van der Waals surface area contributed by atoms with Gasteiger partial charge in [0, 0.05) is 31.6 Å². The number of carbonyl (C=O) groups excluding carboxylic acids is 1. The second-order valence-corrected chi connectivity index (χ2v) is 7.60. The summed E-state index contributed by atoms with van der Waals surface area (Å²) in [5.74, 6) is 0.473. The van der Waals surface area contributed by atoms with E-state index in [1.165, 1.54) is 0 Å². The lowest BCUT2D eigenvalue weighted by atomic mass is 10.0. The SMILES string of the molecule is CC(C)C(=O)N[C@@H]1C[C@@H](Oc2cccnc2)[C@H](O)[C@H]1N1CCC(O)CC1. The van der Waals surface area contributed by atoms with Crippen molar-refractivity contribution < 1.29 is 19.7 Å². The van der Waals surface area contributed by atoms with Crippen LogP contribution in [0.2, 0.25) is 0 Å². The Balaban J connectivity index is 1.74. The van der Waals surface area contributed by atoms with E-state index in [1.807, 2.05) is 19.9 Å². The van der Waals surface area contributed by atoms with Gasteiger partial charge in [0.15, 0.2) is 0 Å². The van der Waals surface area contributed by atoms with E-state index in [2.05, 4.69) is 15.2 Å². The van der Waals surface area contributed by atoms with E-state index in [4.69, 9.17) is 4.74 Å². The lowest BCUT2D eigenvalue weighted by Gasteiger charge is -2.38. The standard InChI is InChI=1S/C19H29N3O4/c1-12(2)19(25)21-15-10-16(26-14-4-3-7-20-11-14)18(24)17(15)22-8-5-13(23)6-9-22/h3-4,7,11-13,15-18,23-24H,5-6,8-10H2,1-2H3,(H,21,25)/t15-,16-,17+,18+/m1/s1. The summed E-state index contributed by atoms with van der Waals surface area (Å²) >= 11 is 0. The van der Waals surface area contributed by atoms with Gasteiger partial charge in [-0.15, -0.1) is 0 Å². The molecular weight excluding hydrogens is 334 g/mol. The molecular formula is C19H29N3O4. The van der Waals surface area contributed by atoms with Crippen LogP contribution in [-0.2, 0) is 4.79 Å². The summed E-state index contributed by atoms with van der Waals surface area (Å²) in [6, 6.07) is 3.20. The highest BCUT2D eigenvalue weighted by atomic mass is 16.5. The van der Waals surface area contributed by atoms with Gasteiger partial charge in [0.25, 0.3) is 0 Å². The molecule has 0 unspecified atom stereocenters. The van der Waals surface area contributed by atoms with Crippen molar-refractivity contribution in [1.82, 2.24) is 15.2 Å². The molecule has 0 bridgehead atoms. The zero-order valence-electron chi connectivity index (χ0n) is 15.4. The first-order chi connectivity index (χ1) is 12.5. The van der Waals surface area contributed by atoms with Crippen molar-refractivity contribution >= 4 is 5.91 Å². The first kappa shape index (κ1) is 19.1. The first-order valence-corrected chi connectivity index (χ1v) is 9.43. The number of nitrogens with one attached hydrogen (secondary N) is 1. The molecule has 2 heterocycles. The maximum Gasteiger partial charge on any atom is 0.222 e. The number of nitrogens with zero attached hydrogens (tertiary/aromatic N) is 2. The Morgan fingerprint density at radius 3 is 2.69 bits per heavy atom. The Morgan fingerprint density at radius 1 is 1.35 bits per heavy atom. The molecule has 1 saturated carbocycles. The molecule has 1 aromatic rings. The first-order valence-electron chi connectivity index (χ1n) is 9.43. The molecule has 1 saturated heterocycles. The topological polar surface area (TPSA) is 94.9 Å². The Labute approximate surface area is 154 Å². The van der Waals surface area contributed by atoms with E-state index >= 15 is 0 Å². The number of pyridine rings is 1. The smallest absolute Gasteiger partial charge is 0.222 e. The largest absolute Gasteiger partial charge is 0.486 e. The van der Waals surface area contributed by atoms with Crippen LogP contribution in [0.25, 0.3) is 0 Å². The van der Waals surface area contributed by atoms with Crippen molar-refractivity contribution in [3.8, 4) is 5.75 Å². The molecule has 26 heavy (non-hydrogen) atoms. The van der Waals surface area contributed by atoms with Gasteiger partial charge >= 0.3 is 0 Å². The van der Waals surface area contributed by atoms with Crippen LogP contribution < -0.4 is 10.1 Å². The summed E-state index contributed by atoms with van der Waals surface area (Å²) in [4.78, 5) is 18.5. The van der Waals surface area contributed by atoms with Gasteiger partial charge in [-0.1, -0.05) is 13.8 Å². The van der Waals surface area contributed by atoms with Crippen molar-refractivity contribution in [3.05, 3.63) is 24.5 Å². The van der Waals surface area contributed by atoms with Crippen molar-refractivity contribution in [2.75, 3.05) is 13.1 Å². The number of likely N-dealkylation sites (tertiary alicyclic amines) is 1. The molecule has 3 N–H and O–H groups in total. The number of aliphatic hydroxyl groups excluding tert-OH is 2. The van der Waals surface area contributed by atoms with E-state index < -0.39 is 12.2 Å². The molecule has 2 fully saturated rings. The fourth-order valence-electron chi connectivity index (χ4n) is 3.84. The number of aromatic nitrogens is 1. The van der Waals surface area contributed by atoms with Gasteiger partial charge in [0.2, 0.25) is 5.91 Å². The quantitative estimate of drug-likeness (QED) is 0.708. The second-order valence-electron chi connectivity index (χ2n) is 7.60. The van der Waals surface area contributed by atoms with Gasteiger partial charge in [-0.3, -0.25) is 14.7 Å². The summed E-state index contributed by atoms with van der Waals surface area (Å²) in [6.07, 6.45) is 3.79. The number of piperidine rings is 1. The Kier molecular flexibility index (Phi) is 6.11. The Morgan fingerprint density at radius 2 is 2.08 bits per heavy atom. The number of rotatable bonds is 5. The average Bonchev–Trinajstić information content (AvgIpc) is 2.92. The van der Waals surface area contributed by atoms with E-state index in [-0.39, 0.29) is 30.0 Å². The van der Waals surface area contributed by atoms with Gasteiger partial charge in [-0.2, -0.15) is 0 Å². The van der Waals surface area contributed by atoms with Gasteiger partial charge in [-0.25, -0.2) is 0 Å². The molecule has 1 amide bonds. The van der Waals surface area contributed by atoms with Crippen LogP contribution in [0.5, 0.6) is 5.75 Å². The molecule has 1 aliphatic carbocycles. The molecule has 3 rings (SSSR count). The average molecular weight is 363 g/mol. The molecule has 1 aliphatic heterocycles.